The minimum atomic E-state index is -3.45. The van der Waals surface area contributed by atoms with E-state index in [0.29, 0.717) is 29.7 Å². The lowest BCUT2D eigenvalue weighted by Gasteiger charge is -2.26. The molecule has 4 N–H and O–H groups in total. The normalized spacial score (nSPS) is 14.3. The summed E-state index contributed by atoms with van der Waals surface area (Å²) in [7, 11) is -3.45. The zero-order chi connectivity index (χ0) is 24.7. The highest BCUT2D eigenvalue weighted by Crippen LogP contribution is 2.30. The lowest BCUT2D eigenvalue weighted by Crippen LogP contribution is -2.44. The number of anilines is 5. The van der Waals surface area contributed by atoms with E-state index in [4.69, 9.17) is 16.3 Å². The number of nitrogens with zero attached hydrogens (tertiary/aromatic N) is 3. The van der Waals surface area contributed by atoms with Crippen molar-refractivity contribution in [1.29, 1.82) is 0 Å². The summed E-state index contributed by atoms with van der Waals surface area (Å²) < 4.78 is 31.8. The van der Waals surface area contributed by atoms with Gasteiger partial charge in [-0.05, 0) is 24.3 Å². The van der Waals surface area contributed by atoms with Crippen LogP contribution in [-0.2, 0) is 10.0 Å². The van der Waals surface area contributed by atoms with Gasteiger partial charge in [-0.25, -0.2) is 13.4 Å². The van der Waals surface area contributed by atoms with Gasteiger partial charge in [0.2, 0.25) is 16.0 Å². The first-order chi connectivity index (χ1) is 16.9. The zero-order valence-electron chi connectivity index (χ0n) is 19.3. The number of para-hydroxylation sites is 2. The summed E-state index contributed by atoms with van der Waals surface area (Å²) in [4.78, 5) is 11.1. The molecule has 1 aromatic heterocycles. The van der Waals surface area contributed by atoms with E-state index in [-0.39, 0.29) is 5.02 Å². The Hall–Kier alpha value is -3.12. The van der Waals surface area contributed by atoms with Gasteiger partial charge in [0.05, 0.1) is 23.8 Å². The molecular weight excluding hydrogens is 490 g/mol. The van der Waals surface area contributed by atoms with Crippen LogP contribution in [0.25, 0.3) is 0 Å². The maximum absolute atomic E-state index is 11.7. The molecule has 1 aliphatic rings. The summed E-state index contributed by atoms with van der Waals surface area (Å²) >= 11 is 6.30. The predicted molar refractivity (Wildman–Crippen MR) is 140 cm³/mol. The number of rotatable bonds is 10. The summed E-state index contributed by atoms with van der Waals surface area (Å²) in [6.07, 6.45) is 2.56. The van der Waals surface area contributed by atoms with Crippen molar-refractivity contribution in [1.82, 2.24) is 20.2 Å². The van der Waals surface area contributed by atoms with E-state index in [0.717, 1.165) is 50.4 Å². The van der Waals surface area contributed by atoms with Crippen molar-refractivity contribution in [3.05, 3.63) is 59.8 Å². The minimum absolute atomic E-state index is 0.287. The second-order valence-electron chi connectivity index (χ2n) is 8.03. The predicted octanol–water partition coefficient (Wildman–Crippen LogP) is 3.27. The van der Waals surface area contributed by atoms with Gasteiger partial charge in [-0.1, -0.05) is 29.8 Å². The van der Waals surface area contributed by atoms with Gasteiger partial charge < -0.3 is 20.7 Å². The number of nitrogens with one attached hydrogen (secondary N) is 4. The molecule has 2 aromatic carbocycles. The monoisotopic (exact) mass is 517 g/mol. The van der Waals surface area contributed by atoms with Crippen LogP contribution in [0.15, 0.2) is 54.7 Å². The molecule has 1 aliphatic heterocycles. The van der Waals surface area contributed by atoms with Crippen LogP contribution in [0.5, 0.6) is 5.75 Å². The van der Waals surface area contributed by atoms with E-state index in [1.165, 1.54) is 6.20 Å². The number of sulfonamides is 1. The standard InChI is InChI=1S/C23H28ClN7O3S/c1-35(32,33)30-21-8-3-2-7-20(21)28-22-19(24)16-26-23(29-22)27-17-5-4-6-18(15-17)34-14-13-31-11-9-25-10-12-31/h2-8,15-16,25,30H,9-14H2,1H3,(H2,26,27,28,29). The molecule has 2 heterocycles. The van der Waals surface area contributed by atoms with Crippen molar-refractivity contribution >= 4 is 50.5 Å². The topological polar surface area (TPSA) is 121 Å². The summed E-state index contributed by atoms with van der Waals surface area (Å²) in [5.41, 5.74) is 1.64. The Labute approximate surface area is 210 Å². The third-order valence-electron chi connectivity index (χ3n) is 5.20. The molecule has 186 valence electrons. The third-order valence-corrected chi connectivity index (χ3v) is 6.06. The van der Waals surface area contributed by atoms with E-state index in [9.17, 15) is 8.42 Å². The van der Waals surface area contributed by atoms with Crippen molar-refractivity contribution in [3.8, 4) is 5.75 Å². The second kappa shape index (κ2) is 11.5. The first-order valence-electron chi connectivity index (χ1n) is 11.1. The van der Waals surface area contributed by atoms with Gasteiger partial charge in [-0.3, -0.25) is 9.62 Å². The van der Waals surface area contributed by atoms with Crippen LogP contribution in [0.1, 0.15) is 0 Å². The fraction of sp³-hybridized carbons (Fsp3) is 0.304. The van der Waals surface area contributed by atoms with Crippen molar-refractivity contribution < 1.29 is 13.2 Å². The van der Waals surface area contributed by atoms with Gasteiger partial charge in [-0.2, -0.15) is 4.98 Å². The Morgan fingerprint density at radius 2 is 1.86 bits per heavy atom. The van der Waals surface area contributed by atoms with Crippen LogP contribution >= 0.6 is 11.6 Å². The van der Waals surface area contributed by atoms with Crippen LogP contribution in [0.4, 0.5) is 28.8 Å². The van der Waals surface area contributed by atoms with E-state index >= 15 is 0 Å². The average molecular weight is 518 g/mol. The van der Waals surface area contributed by atoms with E-state index in [1.54, 1.807) is 24.3 Å². The Kier molecular flexibility index (Phi) is 8.24. The molecule has 0 amide bonds. The first-order valence-corrected chi connectivity index (χ1v) is 13.4. The number of ether oxygens (including phenoxy) is 1. The van der Waals surface area contributed by atoms with Gasteiger partial charge in [0, 0.05) is 44.5 Å². The van der Waals surface area contributed by atoms with Crippen LogP contribution < -0.4 is 25.4 Å². The highest BCUT2D eigenvalue weighted by molar-refractivity contribution is 7.92. The van der Waals surface area contributed by atoms with E-state index in [2.05, 4.69) is 35.5 Å². The van der Waals surface area contributed by atoms with Gasteiger partial charge in [-0.15, -0.1) is 0 Å². The molecular formula is C23H28ClN7O3S. The fourth-order valence-electron chi connectivity index (χ4n) is 3.54. The molecule has 0 spiro atoms. The molecule has 10 nitrogen and oxygen atoms in total. The van der Waals surface area contributed by atoms with Crippen LogP contribution in [0.2, 0.25) is 5.02 Å². The Bertz CT molecular complexity index is 1250. The summed E-state index contributed by atoms with van der Waals surface area (Å²) in [6, 6.07) is 14.4. The molecule has 0 bridgehead atoms. The summed E-state index contributed by atoms with van der Waals surface area (Å²) in [5.74, 6) is 1.40. The zero-order valence-corrected chi connectivity index (χ0v) is 20.9. The first kappa shape index (κ1) is 25.0. The molecule has 1 fully saturated rings. The van der Waals surface area contributed by atoms with Crippen molar-refractivity contribution in [2.24, 2.45) is 0 Å². The summed E-state index contributed by atoms with van der Waals surface area (Å²) in [6.45, 7) is 5.57. The molecule has 0 aliphatic carbocycles. The number of piperazine rings is 1. The third kappa shape index (κ3) is 7.69. The fourth-order valence-corrected chi connectivity index (χ4v) is 4.26. The largest absolute Gasteiger partial charge is 0.492 e. The van der Waals surface area contributed by atoms with Gasteiger partial charge in [0.25, 0.3) is 0 Å². The molecule has 0 radical (unpaired) electrons. The highest BCUT2D eigenvalue weighted by atomic mass is 35.5. The van der Waals surface area contributed by atoms with Gasteiger partial charge >= 0.3 is 0 Å². The quantitative estimate of drug-likeness (QED) is 0.321. The lowest BCUT2D eigenvalue weighted by molar-refractivity contribution is 0.191. The van der Waals surface area contributed by atoms with Crippen LogP contribution in [0.3, 0.4) is 0 Å². The number of aromatic nitrogens is 2. The molecule has 3 aromatic rings. The SMILES string of the molecule is CS(=O)(=O)Nc1ccccc1Nc1nc(Nc2cccc(OCCN3CCNCC3)c2)ncc1Cl. The molecule has 4 rings (SSSR count). The second-order valence-corrected chi connectivity index (χ2v) is 10.2. The Balaban J connectivity index is 1.42. The average Bonchev–Trinajstić information content (AvgIpc) is 2.82. The minimum Gasteiger partial charge on any atom is -0.492 e. The molecule has 12 heteroatoms. The van der Waals surface area contributed by atoms with Crippen molar-refractivity contribution in [2.45, 2.75) is 0 Å². The smallest absolute Gasteiger partial charge is 0.229 e. The molecule has 0 saturated carbocycles. The molecule has 0 atom stereocenters. The maximum Gasteiger partial charge on any atom is 0.229 e. The lowest BCUT2D eigenvalue weighted by atomic mass is 10.2. The van der Waals surface area contributed by atoms with Crippen LogP contribution in [0, 0.1) is 0 Å². The van der Waals surface area contributed by atoms with E-state index in [1.807, 2.05) is 24.3 Å². The number of hydrogen-bond acceptors (Lipinski definition) is 9. The number of benzene rings is 2. The van der Waals surface area contributed by atoms with Gasteiger partial charge in [0.15, 0.2) is 5.82 Å². The van der Waals surface area contributed by atoms with Gasteiger partial charge in [0.1, 0.15) is 17.4 Å². The molecule has 35 heavy (non-hydrogen) atoms. The molecule has 1 saturated heterocycles. The highest BCUT2D eigenvalue weighted by Gasteiger charge is 2.12. The maximum atomic E-state index is 11.7. The summed E-state index contributed by atoms with van der Waals surface area (Å²) in [5, 5.41) is 9.87. The van der Waals surface area contributed by atoms with Crippen LogP contribution in [-0.4, -0.2) is 68.9 Å². The van der Waals surface area contributed by atoms with E-state index < -0.39 is 10.0 Å². The van der Waals surface area contributed by atoms with Crippen molar-refractivity contribution in [2.75, 3.05) is 60.9 Å². The molecule has 0 unspecified atom stereocenters. The Morgan fingerprint density at radius 1 is 1.09 bits per heavy atom. The van der Waals surface area contributed by atoms with Crippen molar-refractivity contribution in [3.63, 3.8) is 0 Å². The Morgan fingerprint density at radius 3 is 2.63 bits per heavy atom. The number of halogens is 1. The number of hydrogen-bond donors (Lipinski definition) is 4.